The van der Waals surface area contributed by atoms with E-state index in [1.165, 1.54) is 22.6 Å². The summed E-state index contributed by atoms with van der Waals surface area (Å²) >= 11 is 0. The number of hydrogen-bond donors (Lipinski definition) is 0. The molecule has 0 saturated heterocycles. The Morgan fingerprint density at radius 3 is 1.79 bits per heavy atom. The molecule has 170 valence electrons. The SMILES string of the molecule is CCCCCCCOC(=O)C(C(C)C)N(C)C(=O)C(C(C)C)N(C)C(=O)OCC. The van der Waals surface area contributed by atoms with Crippen LogP contribution in [0.25, 0.3) is 0 Å². The second kappa shape index (κ2) is 14.2. The minimum absolute atomic E-state index is 0.114. The molecule has 0 saturated carbocycles. The van der Waals surface area contributed by atoms with Crippen LogP contribution < -0.4 is 0 Å². The maximum Gasteiger partial charge on any atom is 0.410 e. The molecule has 0 aliphatic carbocycles. The van der Waals surface area contributed by atoms with E-state index in [4.69, 9.17) is 9.47 Å². The second-order valence-electron chi connectivity index (χ2n) is 8.22. The van der Waals surface area contributed by atoms with Crippen LogP contribution in [0.3, 0.4) is 0 Å². The standard InChI is InChI=1S/C22H42N2O5/c1-9-11-12-13-14-15-29-21(26)19(17(5)6)23(7)20(25)18(16(3)4)24(8)22(27)28-10-2/h16-19H,9-15H2,1-8H3. The molecule has 0 aromatic rings. The smallest absolute Gasteiger partial charge is 0.410 e. The van der Waals surface area contributed by atoms with Gasteiger partial charge in [0.2, 0.25) is 5.91 Å². The second-order valence-corrected chi connectivity index (χ2v) is 8.22. The fourth-order valence-electron chi connectivity index (χ4n) is 3.42. The van der Waals surface area contributed by atoms with Gasteiger partial charge in [0.05, 0.1) is 13.2 Å². The molecule has 0 N–H and O–H groups in total. The van der Waals surface area contributed by atoms with Crippen LogP contribution in [-0.2, 0) is 19.1 Å². The zero-order valence-corrected chi connectivity index (χ0v) is 19.7. The van der Waals surface area contributed by atoms with Crippen molar-refractivity contribution >= 4 is 18.0 Å². The molecule has 7 nitrogen and oxygen atoms in total. The summed E-state index contributed by atoms with van der Waals surface area (Å²) in [5.41, 5.74) is 0. The van der Waals surface area contributed by atoms with Crippen LogP contribution in [0.1, 0.15) is 73.6 Å². The summed E-state index contributed by atoms with van der Waals surface area (Å²) < 4.78 is 10.5. The molecule has 2 atom stereocenters. The molecule has 0 aromatic heterocycles. The molecule has 7 heteroatoms. The fraction of sp³-hybridized carbons (Fsp3) is 0.864. The molecule has 0 aliphatic rings. The van der Waals surface area contributed by atoms with Crippen LogP contribution in [0, 0.1) is 11.8 Å². The first-order valence-electron chi connectivity index (χ1n) is 10.9. The summed E-state index contributed by atoms with van der Waals surface area (Å²) in [6.45, 7) is 12.0. The zero-order chi connectivity index (χ0) is 22.6. The molecular formula is C22H42N2O5. The molecule has 0 fully saturated rings. The Labute approximate surface area is 177 Å². The monoisotopic (exact) mass is 414 g/mol. The highest BCUT2D eigenvalue weighted by molar-refractivity contribution is 5.89. The normalized spacial score (nSPS) is 13.2. The number of nitrogens with zero attached hydrogens (tertiary/aromatic N) is 2. The van der Waals surface area contributed by atoms with Crippen molar-refractivity contribution in [1.82, 2.24) is 9.80 Å². The first-order chi connectivity index (χ1) is 13.6. The predicted molar refractivity (Wildman–Crippen MR) is 115 cm³/mol. The topological polar surface area (TPSA) is 76.2 Å². The van der Waals surface area contributed by atoms with Crippen LogP contribution >= 0.6 is 0 Å². The number of unbranched alkanes of at least 4 members (excludes halogenated alkanes) is 4. The van der Waals surface area contributed by atoms with E-state index in [-0.39, 0.29) is 24.3 Å². The molecule has 0 aliphatic heterocycles. The number of carbonyl (C=O) groups excluding carboxylic acids is 3. The lowest BCUT2D eigenvalue weighted by Crippen LogP contribution is -2.56. The Kier molecular flexibility index (Phi) is 13.4. The summed E-state index contributed by atoms with van der Waals surface area (Å²) in [5, 5.41) is 0. The molecule has 0 radical (unpaired) electrons. The summed E-state index contributed by atoms with van der Waals surface area (Å²) in [5.74, 6) is -0.944. The molecule has 2 unspecified atom stereocenters. The van der Waals surface area contributed by atoms with Crippen molar-refractivity contribution in [2.45, 2.75) is 85.7 Å². The van der Waals surface area contributed by atoms with Crippen molar-refractivity contribution in [3.8, 4) is 0 Å². The Morgan fingerprint density at radius 1 is 0.759 bits per heavy atom. The average molecular weight is 415 g/mol. The minimum Gasteiger partial charge on any atom is -0.464 e. The predicted octanol–water partition coefficient (Wildman–Crippen LogP) is 4.10. The quantitative estimate of drug-likeness (QED) is 0.335. The summed E-state index contributed by atoms with van der Waals surface area (Å²) in [6, 6.07) is -1.42. The van der Waals surface area contributed by atoms with Gasteiger partial charge < -0.3 is 14.4 Å². The van der Waals surface area contributed by atoms with E-state index >= 15 is 0 Å². The number of esters is 1. The molecule has 0 spiro atoms. The highest BCUT2D eigenvalue weighted by Crippen LogP contribution is 2.19. The number of rotatable bonds is 13. The summed E-state index contributed by atoms with van der Waals surface area (Å²) in [7, 11) is 3.15. The van der Waals surface area contributed by atoms with Crippen LogP contribution in [0.5, 0.6) is 0 Å². The molecule has 0 aromatic carbocycles. The minimum atomic E-state index is -0.720. The molecule has 29 heavy (non-hydrogen) atoms. The summed E-state index contributed by atoms with van der Waals surface area (Å²) in [6.07, 6.45) is 4.79. The van der Waals surface area contributed by atoms with E-state index in [0.717, 1.165) is 19.3 Å². The van der Waals surface area contributed by atoms with E-state index in [2.05, 4.69) is 6.92 Å². The van der Waals surface area contributed by atoms with Gasteiger partial charge in [0.15, 0.2) is 0 Å². The lowest BCUT2D eigenvalue weighted by molar-refractivity contribution is -0.158. The number of carbonyl (C=O) groups is 3. The van der Waals surface area contributed by atoms with Gasteiger partial charge in [0.1, 0.15) is 12.1 Å². The highest BCUT2D eigenvalue weighted by Gasteiger charge is 2.38. The van der Waals surface area contributed by atoms with Gasteiger partial charge in [0.25, 0.3) is 0 Å². The van der Waals surface area contributed by atoms with E-state index in [0.29, 0.717) is 6.61 Å². The van der Waals surface area contributed by atoms with Gasteiger partial charge in [0, 0.05) is 14.1 Å². The number of hydrogen-bond acceptors (Lipinski definition) is 5. The van der Waals surface area contributed by atoms with E-state index in [1.807, 2.05) is 27.7 Å². The third kappa shape index (κ3) is 9.05. The lowest BCUT2D eigenvalue weighted by Gasteiger charge is -2.36. The van der Waals surface area contributed by atoms with Crippen LogP contribution in [0.2, 0.25) is 0 Å². The van der Waals surface area contributed by atoms with Gasteiger partial charge >= 0.3 is 12.1 Å². The summed E-state index contributed by atoms with van der Waals surface area (Å²) in [4.78, 5) is 40.8. The highest BCUT2D eigenvalue weighted by atomic mass is 16.6. The van der Waals surface area contributed by atoms with Gasteiger partial charge in [-0.3, -0.25) is 9.69 Å². The molecule has 2 amide bonds. The van der Waals surface area contributed by atoms with Crippen molar-refractivity contribution < 1.29 is 23.9 Å². The van der Waals surface area contributed by atoms with Crippen LogP contribution in [0.15, 0.2) is 0 Å². The van der Waals surface area contributed by atoms with Crippen molar-refractivity contribution in [2.24, 2.45) is 11.8 Å². The first-order valence-corrected chi connectivity index (χ1v) is 10.9. The first kappa shape index (κ1) is 27.2. The third-order valence-corrected chi connectivity index (χ3v) is 4.99. The van der Waals surface area contributed by atoms with E-state index < -0.39 is 24.1 Å². The molecule has 0 bridgehead atoms. The maximum atomic E-state index is 13.2. The van der Waals surface area contributed by atoms with Crippen LogP contribution in [-0.4, -0.2) is 67.2 Å². The molecular weight excluding hydrogens is 372 g/mol. The largest absolute Gasteiger partial charge is 0.464 e. The Bertz CT molecular complexity index is 507. The Balaban J connectivity index is 5.14. The van der Waals surface area contributed by atoms with Gasteiger partial charge in [-0.05, 0) is 25.2 Å². The van der Waals surface area contributed by atoms with Gasteiger partial charge in [-0.1, -0.05) is 60.3 Å². The number of ether oxygens (including phenoxy) is 2. The van der Waals surface area contributed by atoms with Crippen molar-refractivity contribution in [2.75, 3.05) is 27.3 Å². The number of likely N-dealkylation sites (N-methyl/N-ethyl adjacent to an activating group) is 2. The van der Waals surface area contributed by atoms with Crippen molar-refractivity contribution in [3.05, 3.63) is 0 Å². The van der Waals surface area contributed by atoms with E-state index in [9.17, 15) is 14.4 Å². The Hall–Kier alpha value is -1.79. The zero-order valence-electron chi connectivity index (χ0n) is 19.7. The van der Waals surface area contributed by atoms with Gasteiger partial charge in [-0.25, -0.2) is 9.59 Å². The van der Waals surface area contributed by atoms with Crippen molar-refractivity contribution in [3.63, 3.8) is 0 Å². The Morgan fingerprint density at radius 2 is 1.31 bits per heavy atom. The van der Waals surface area contributed by atoms with Crippen molar-refractivity contribution in [1.29, 1.82) is 0 Å². The number of amides is 2. The molecule has 0 heterocycles. The molecule has 0 rings (SSSR count). The van der Waals surface area contributed by atoms with Gasteiger partial charge in [-0.2, -0.15) is 0 Å². The maximum absolute atomic E-state index is 13.2. The lowest BCUT2D eigenvalue weighted by atomic mass is 9.98. The van der Waals surface area contributed by atoms with Crippen LogP contribution in [0.4, 0.5) is 4.79 Å². The third-order valence-electron chi connectivity index (χ3n) is 4.99. The average Bonchev–Trinajstić information content (AvgIpc) is 2.64. The van der Waals surface area contributed by atoms with E-state index in [1.54, 1.807) is 21.0 Å². The fourth-order valence-corrected chi connectivity index (χ4v) is 3.42. The van der Waals surface area contributed by atoms with Gasteiger partial charge in [-0.15, -0.1) is 0 Å².